The van der Waals surface area contributed by atoms with Crippen LogP contribution in [0.3, 0.4) is 0 Å². The Morgan fingerprint density at radius 1 is 1.27 bits per heavy atom. The molecule has 2 atom stereocenters. The molecule has 1 fully saturated rings. The molecule has 9 heteroatoms. The van der Waals surface area contributed by atoms with Crippen LogP contribution in [0.15, 0.2) is 0 Å². The lowest BCUT2D eigenvalue weighted by Gasteiger charge is -2.31. The van der Waals surface area contributed by atoms with E-state index in [9.17, 15) is 18.0 Å². The van der Waals surface area contributed by atoms with Gasteiger partial charge in [-0.2, -0.15) is 13.2 Å². The van der Waals surface area contributed by atoms with Gasteiger partial charge in [-0.3, -0.25) is 0 Å². The summed E-state index contributed by atoms with van der Waals surface area (Å²) in [5.74, 6) is -0.754. The van der Waals surface area contributed by atoms with Crippen molar-refractivity contribution in [2.75, 3.05) is 12.4 Å². The van der Waals surface area contributed by atoms with E-state index in [1.54, 1.807) is 13.8 Å². The largest absolute Gasteiger partial charge is 0.465 e. The van der Waals surface area contributed by atoms with Gasteiger partial charge in [0.15, 0.2) is 0 Å². The predicted octanol–water partition coefficient (Wildman–Crippen LogP) is 4.63. The number of thiophene rings is 1. The number of carbonyl (C=O) groups excluding carboxylic acids is 1. The Labute approximate surface area is 153 Å². The quantitative estimate of drug-likeness (QED) is 0.778. The van der Waals surface area contributed by atoms with Crippen molar-refractivity contribution < 1.29 is 22.7 Å². The number of hydrogen-bond donors (Lipinski definition) is 1. The Bertz CT molecular complexity index is 835. The van der Waals surface area contributed by atoms with E-state index < -0.39 is 18.1 Å². The molecule has 3 rings (SSSR count). The summed E-state index contributed by atoms with van der Waals surface area (Å²) < 4.78 is 44.0. The van der Waals surface area contributed by atoms with Crippen molar-refractivity contribution in [3.05, 3.63) is 16.3 Å². The fourth-order valence-corrected chi connectivity index (χ4v) is 4.59. The van der Waals surface area contributed by atoms with Gasteiger partial charge < -0.3 is 10.1 Å². The Morgan fingerprint density at radius 2 is 2.00 bits per heavy atom. The van der Waals surface area contributed by atoms with Crippen LogP contribution in [0.1, 0.15) is 46.7 Å². The first-order chi connectivity index (χ1) is 12.2. The minimum atomic E-state index is -4.17. The van der Waals surface area contributed by atoms with Crippen molar-refractivity contribution in [2.24, 2.45) is 5.92 Å². The van der Waals surface area contributed by atoms with Gasteiger partial charge in [-0.1, -0.05) is 6.42 Å². The molecule has 1 saturated carbocycles. The van der Waals surface area contributed by atoms with Gasteiger partial charge in [0.25, 0.3) is 0 Å². The molecule has 0 aromatic carbocycles. The first-order valence-electron chi connectivity index (χ1n) is 8.40. The topological polar surface area (TPSA) is 64.1 Å². The number of carbonyl (C=O) groups is 1. The fraction of sp³-hybridized carbons (Fsp3) is 0.588. The number of nitrogens with zero attached hydrogens (tertiary/aromatic N) is 2. The number of hydrogen-bond acceptors (Lipinski definition) is 6. The van der Waals surface area contributed by atoms with Crippen LogP contribution in [-0.2, 0) is 4.74 Å². The molecule has 26 heavy (non-hydrogen) atoms. The van der Waals surface area contributed by atoms with E-state index in [2.05, 4.69) is 15.3 Å². The van der Waals surface area contributed by atoms with Crippen LogP contribution in [0.5, 0.6) is 0 Å². The number of aryl methyl sites for hydroxylation is 2. The molecule has 0 spiro atoms. The zero-order valence-corrected chi connectivity index (χ0v) is 15.6. The van der Waals surface area contributed by atoms with Gasteiger partial charge in [-0.25, -0.2) is 14.8 Å². The van der Waals surface area contributed by atoms with Gasteiger partial charge >= 0.3 is 12.1 Å². The van der Waals surface area contributed by atoms with Gasteiger partial charge in [0.1, 0.15) is 21.3 Å². The molecule has 0 radical (unpaired) electrons. The number of methoxy groups -OCH3 is 1. The first kappa shape index (κ1) is 18.9. The van der Waals surface area contributed by atoms with E-state index >= 15 is 0 Å². The third-order valence-electron chi connectivity index (χ3n) is 4.75. The zero-order valence-electron chi connectivity index (χ0n) is 14.7. The summed E-state index contributed by atoms with van der Waals surface area (Å²) in [7, 11) is 1.31. The molecule has 142 valence electrons. The number of alkyl halides is 3. The van der Waals surface area contributed by atoms with E-state index in [0.29, 0.717) is 45.1 Å². The molecule has 2 aromatic rings. The molecule has 1 aliphatic rings. The van der Waals surface area contributed by atoms with Crippen LogP contribution in [0.4, 0.5) is 19.0 Å². The molecular weight excluding hydrogens is 367 g/mol. The third kappa shape index (κ3) is 3.62. The highest BCUT2D eigenvalue weighted by Crippen LogP contribution is 2.40. The summed E-state index contributed by atoms with van der Waals surface area (Å²) in [5.41, 5.74) is 0.683. The van der Waals surface area contributed by atoms with Crippen LogP contribution >= 0.6 is 11.3 Å². The van der Waals surface area contributed by atoms with Crippen LogP contribution in [-0.4, -0.2) is 35.3 Å². The van der Waals surface area contributed by atoms with Crippen LogP contribution in [0.2, 0.25) is 0 Å². The van der Waals surface area contributed by atoms with Crippen molar-refractivity contribution in [3.8, 4) is 0 Å². The Hall–Kier alpha value is -1.90. The number of anilines is 1. The average molecular weight is 387 g/mol. The smallest absolute Gasteiger partial charge is 0.391 e. The van der Waals surface area contributed by atoms with E-state index in [1.807, 2.05) is 0 Å². The minimum Gasteiger partial charge on any atom is -0.465 e. The third-order valence-corrected chi connectivity index (χ3v) is 5.92. The highest BCUT2D eigenvalue weighted by atomic mass is 32.1. The normalized spacial score (nSPS) is 21.0. The monoisotopic (exact) mass is 387 g/mol. The van der Waals surface area contributed by atoms with Crippen LogP contribution < -0.4 is 5.32 Å². The molecule has 1 aliphatic carbocycles. The summed E-state index contributed by atoms with van der Waals surface area (Å²) in [6.45, 7) is 3.49. The molecule has 0 aliphatic heterocycles. The lowest BCUT2D eigenvalue weighted by molar-refractivity contribution is -0.182. The van der Waals surface area contributed by atoms with E-state index in [4.69, 9.17) is 4.74 Å². The second-order valence-electron chi connectivity index (χ2n) is 6.59. The molecule has 0 bridgehead atoms. The number of nitrogens with one attached hydrogen (secondary N) is 1. The highest BCUT2D eigenvalue weighted by Gasteiger charge is 2.42. The number of fused-ring (bicyclic) bond motifs is 1. The van der Waals surface area contributed by atoms with Crippen LogP contribution in [0.25, 0.3) is 10.2 Å². The number of esters is 1. The molecule has 0 amide bonds. The maximum atomic E-state index is 13.1. The highest BCUT2D eigenvalue weighted by molar-refractivity contribution is 7.20. The summed E-state index contributed by atoms with van der Waals surface area (Å²) >= 11 is 1.21. The Morgan fingerprint density at radius 3 is 2.65 bits per heavy atom. The second-order valence-corrected chi connectivity index (χ2v) is 7.59. The lowest BCUT2D eigenvalue weighted by atomic mass is 9.85. The molecule has 2 heterocycles. The molecule has 0 unspecified atom stereocenters. The minimum absolute atomic E-state index is 0.0289. The van der Waals surface area contributed by atoms with Gasteiger partial charge in [0.2, 0.25) is 0 Å². The van der Waals surface area contributed by atoms with Crippen molar-refractivity contribution in [3.63, 3.8) is 0 Å². The standard InChI is InChI=1S/C17H20F3N3O2S/c1-8-12-14(23-11-6-4-5-10(7-11)17(18,19)20)21-9(2)22-15(12)26-13(8)16(24)25-3/h10-11H,4-7H2,1-3H3,(H,21,22,23)/t10-,11+/m1/s1. The fourth-order valence-electron chi connectivity index (χ4n) is 3.45. The number of halogens is 3. The maximum Gasteiger partial charge on any atom is 0.391 e. The number of rotatable bonds is 3. The molecular formula is C17H20F3N3O2S. The van der Waals surface area contributed by atoms with Crippen molar-refractivity contribution in [1.82, 2.24) is 9.97 Å². The summed E-state index contributed by atoms with van der Waals surface area (Å²) in [4.78, 5) is 21.8. The van der Waals surface area contributed by atoms with Crippen LogP contribution in [0, 0.1) is 19.8 Å². The Balaban J connectivity index is 1.94. The average Bonchev–Trinajstić information content (AvgIpc) is 2.90. The van der Waals surface area contributed by atoms with Gasteiger partial charge in [-0.05, 0) is 38.7 Å². The Kier molecular flexibility index (Phi) is 5.09. The summed E-state index contributed by atoms with van der Waals surface area (Å²) in [6.07, 6.45) is -2.80. The van der Waals surface area contributed by atoms with E-state index in [0.717, 1.165) is 0 Å². The lowest BCUT2D eigenvalue weighted by Crippen LogP contribution is -2.34. The predicted molar refractivity (Wildman–Crippen MR) is 93.7 cm³/mol. The zero-order chi connectivity index (χ0) is 19.1. The van der Waals surface area contributed by atoms with Gasteiger partial charge in [0.05, 0.1) is 18.4 Å². The van der Waals surface area contributed by atoms with E-state index in [1.165, 1.54) is 18.4 Å². The SMILES string of the molecule is COC(=O)c1sc2nc(C)nc(N[C@H]3CCC[C@@H](C(F)(F)F)C3)c2c1C. The molecule has 5 nitrogen and oxygen atoms in total. The molecule has 2 aromatic heterocycles. The molecule has 1 N–H and O–H groups in total. The van der Waals surface area contributed by atoms with Crippen molar-refractivity contribution >= 4 is 33.3 Å². The molecule has 0 saturated heterocycles. The van der Waals surface area contributed by atoms with Gasteiger partial charge in [-0.15, -0.1) is 11.3 Å². The van der Waals surface area contributed by atoms with Crippen molar-refractivity contribution in [2.45, 2.75) is 51.7 Å². The van der Waals surface area contributed by atoms with Crippen molar-refractivity contribution in [1.29, 1.82) is 0 Å². The summed E-state index contributed by atoms with van der Waals surface area (Å²) in [6, 6.07) is -0.311. The first-order valence-corrected chi connectivity index (χ1v) is 9.21. The maximum absolute atomic E-state index is 13.1. The summed E-state index contributed by atoms with van der Waals surface area (Å²) in [5, 5.41) is 3.86. The number of aromatic nitrogens is 2. The number of ether oxygens (including phenoxy) is 1. The second kappa shape index (κ2) is 7.02. The van der Waals surface area contributed by atoms with E-state index in [-0.39, 0.29) is 18.9 Å². The van der Waals surface area contributed by atoms with Gasteiger partial charge in [0, 0.05) is 6.04 Å².